The molecular weight excluding hydrogens is 115 g/mol. The van der Waals surface area contributed by atoms with Gasteiger partial charge in [0.1, 0.15) is 0 Å². The molecule has 0 radical (unpaired) electrons. The minimum Gasteiger partial charge on any atom is -0.411 e. The van der Waals surface area contributed by atoms with Crippen LogP contribution >= 0.6 is 0 Å². The Morgan fingerprint density at radius 3 is 3.22 bits per heavy atom. The Hall–Kier alpha value is -0.275. The molecule has 0 atom stereocenters. The van der Waals surface area contributed by atoms with Crippen LogP contribution in [0.25, 0.3) is 0 Å². The van der Waals surface area contributed by atoms with Crippen LogP contribution in [0.3, 0.4) is 0 Å². The summed E-state index contributed by atoms with van der Waals surface area (Å²) in [5.41, 5.74) is 0. The Morgan fingerprint density at radius 1 is 1.78 bits per heavy atom. The highest BCUT2D eigenvalue weighted by Crippen LogP contribution is 2.09. The Balaban J connectivity index is 2.04. The van der Waals surface area contributed by atoms with E-state index in [1.807, 2.05) is 0 Å². The minimum absolute atomic E-state index is 0.0444. The van der Waals surface area contributed by atoms with Gasteiger partial charge in [-0.1, -0.05) is 6.08 Å². The zero-order valence-corrected chi connectivity index (χ0v) is 5.51. The van der Waals surface area contributed by atoms with Crippen LogP contribution in [-0.4, -0.2) is 20.3 Å². The molecular formula is C6H11BO2. The second kappa shape index (κ2) is 3.69. The van der Waals surface area contributed by atoms with Crippen molar-refractivity contribution in [2.24, 2.45) is 0 Å². The molecule has 9 heavy (non-hydrogen) atoms. The lowest BCUT2D eigenvalue weighted by Gasteiger charge is -2.02. The maximum atomic E-state index is 5.21. The summed E-state index contributed by atoms with van der Waals surface area (Å²) in [4.78, 5) is 0. The lowest BCUT2D eigenvalue weighted by molar-refractivity contribution is 0.246. The van der Waals surface area contributed by atoms with Crippen LogP contribution in [0.4, 0.5) is 0 Å². The molecule has 0 bridgehead atoms. The lowest BCUT2D eigenvalue weighted by atomic mass is 9.86. The fourth-order valence-corrected chi connectivity index (χ4v) is 0.855. The molecule has 0 unspecified atom stereocenters. The van der Waals surface area contributed by atoms with E-state index in [-0.39, 0.29) is 7.12 Å². The fraction of sp³-hybridized carbons (Fsp3) is 0.667. The normalized spacial score (nSPS) is 18.4. The zero-order chi connectivity index (χ0) is 6.53. The molecule has 0 saturated carbocycles. The molecule has 50 valence electrons. The van der Waals surface area contributed by atoms with E-state index in [1.54, 1.807) is 6.08 Å². The van der Waals surface area contributed by atoms with Crippen molar-refractivity contribution < 1.29 is 9.31 Å². The predicted octanol–water partition coefficient (Wildman–Crippen LogP) is 1.10. The third-order valence-corrected chi connectivity index (χ3v) is 1.29. The van der Waals surface area contributed by atoms with Gasteiger partial charge in [0, 0.05) is 13.2 Å². The van der Waals surface area contributed by atoms with Crippen molar-refractivity contribution >= 4 is 7.12 Å². The Morgan fingerprint density at radius 2 is 2.67 bits per heavy atom. The number of hydrogen-bond donors (Lipinski definition) is 0. The van der Waals surface area contributed by atoms with E-state index in [9.17, 15) is 0 Å². The van der Waals surface area contributed by atoms with Crippen molar-refractivity contribution in [2.45, 2.75) is 12.7 Å². The van der Waals surface area contributed by atoms with Gasteiger partial charge in [-0.25, -0.2) is 0 Å². The fourth-order valence-electron chi connectivity index (χ4n) is 0.855. The highest BCUT2D eigenvalue weighted by atomic mass is 16.6. The lowest BCUT2D eigenvalue weighted by Crippen LogP contribution is -2.15. The third-order valence-electron chi connectivity index (χ3n) is 1.29. The topological polar surface area (TPSA) is 18.5 Å². The van der Waals surface area contributed by atoms with Gasteiger partial charge in [-0.15, -0.1) is 6.58 Å². The highest BCUT2D eigenvalue weighted by molar-refractivity contribution is 6.45. The number of rotatable bonds is 3. The summed E-state index contributed by atoms with van der Waals surface area (Å²) in [7, 11) is 0.0444. The van der Waals surface area contributed by atoms with Crippen molar-refractivity contribution in [3.05, 3.63) is 12.7 Å². The van der Waals surface area contributed by atoms with Crippen molar-refractivity contribution in [3.8, 4) is 0 Å². The summed E-state index contributed by atoms with van der Waals surface area (Å²) < 4.78 is 10.4. The van der Waals surface area contributed by atoms with Gasteiger partial charge < -0.3 is 9.31 Å². The van der Waals surface area contributed by atoms with E-state index in [1.165, 1.54) is 0 Å². The highest BCUT2D eigenvalue weighted by Gasteiger charge is 2.22. The first kappa shape index (κ1) is 6.84. The molecule has 0 aromatic carbocycles. The van der Waals surface area contributed by atoms with Crippen LogP contribution in [0.1, 0.15) is 6.42 Å². The van der Waals surface area contributed by atoms with E-state index in [0.29, 0.717) is 6.61 Å². The van der Waals surface area contributed by atoms with Crippen LogP contribution in [0.2, 0.25) is 6.32 Å². The van der Waals surface area contributed by atoms with Gasteiger partial charge in [0.05, 0.1) is 0 Å². The molecule has 0 aromatic heterocycles. The second-order valence-corrected chi connectivity index (χ2v) is 2.06. The van der Waals surface area contributed by atoms with Gasteiger partial charge in [0.25, 0.3) is 0 Å². The largest absolute Gasteiger partial charge is 0.457 e. The summed E-state index contributed by atoms with van der Waals surface area (Å²) >= 11 is 0. The molecule has 0 spiro atoms. The molecule has 1 rings (SSSR count). The van der Waals surface area contributed by atoms with Gasteiger partial charge in [-0.3, -0.25) is 0 Å². The molecule has 1 saturated heterocycles. The first-order valence-corrected chi connectivity index (χ1v) is 3.27. The van der Waals surface area contributed by atoms with E-state index in [4.69, 9.17) is 9.31 Å². The Bertz CT molecular complexity index is 89.1. The van der Waals surface area contributed by atoms with Crippen LogP contribution in [0.15, 0.2) is 12.7 Å². The third kappa shape index (κ3) is 2.20. The first-order valence-electron chi connectivity index (χ1n) is 3.27. The van der Waals surface area contributed by atoms with Crippen LogP contribution in [0.5, 0.6) is 0 Å². The molecule has 1 aliphatic rings. The zero-order valence-electron chi connectivity index (χ0n) is 5.51. The van der Waals surface area contributed by atoms with E-state index in [0.717, 1.165) is 19.3 Å². The van der Waals surface area contributed by atoms with Gasteiger partial charge in [-0.05, 0) is 12.7 Å². The van der Waals surface area contributed by atoms with Crippen molar-refractivity contribution in [3.63, 3.8) is 0 Å². The summed E-state index contributed by atoms with van der Waals surface area (Å²) in [5, 5.41) is 0. The maximum absolute atomic E-state index is 5.21. The quantitative estimate of drug-likeness (QED) is 0.416. The SMILES string of the molecule is C=CCOB1CCCO1. The molecule has 3 heteroatoms. The van der Waals surface area contributed by atoms with Crippen molar-refractivity contribution in [1.82, 2.24) is 0 Å². The van der Waals surface area contributed by atoms with Crippen LogP contribution in [-0.2, 0) is 9.31 Å². The van der Waals surface area contributed by atoms with Crippen LogP contribution < -0.4 is 0 Å². The van der Waals surface area contributed by atoms with E-state index >= 15 is 0 Å². The van der Waals surface area contributed by atoms with Gasteiger partial charge in [0.15, 0.2) is 0 Å². The molecule has 1 fully saturated rings. The molecule has 0 aromatic rings. The molecule has 1 heterocycles. The summed E-state index contributed by atoms with van der Waals surface area (Å²) in [5.74, 6) is 0. The monoisotopic (exact) mass is 126 g/mol. The van der Waals surface area contributed by atoms with Crippen molar-refractivity contribution in [1.29, 1.82) is 0 Å². The standard InChI is InChI=1S/C6H11BO2/c1-2-5-8-7-4-3-6-9-7/h2H,1,3-6H2. The summed E-state index contributed by atoms with van der Waals surface area (Å²) in [6, 6.07) is 0. The average Bonchev–Trinajstić information content (AvgIpc) is 2.34. The van der Waals surface area contributed by atoms with Gasteiger partial charge in [-0.2, -0.15) is 0 Å². The molecule has 2 nitrogen and oxygen atoms in total. The number of hydrogen-bond acceptors (Lipinski definition) is 2. The van der Waals surface area contributed by atoms with Gasteiger partial charge in [0.2, 0.25) is 0 Å². The van der Waals surface area contributed by atoms with E-state index < -0.39 is 0 Å². The Kier molecular flexibility index (Phi) is 2.81. The molecule has 1 aliphatic heterocycles. The Labute approximate surface area is 56.0 Å². The van der Waals surface area contributed by atoms with Gasteiger partial charge >= 0.3 is 7.12 Å². The predicted molar refractivity (Wildman–Crippen MR) is 37.3 cm³/mol. The van der Waals surface area contributed by atoms with Crippen molar-refractivity contribution in [2.75, 3.05) is 13.2 Å². The molecule has 0 N–H and O–H groups in total. The smallest absolute Gasteiger partial charge is 0.411 e. The second-order valence-electron chi connectivity index (χ2n) is 2.06. The average molecular weight is 126 g/mol. The minimum atomic E-state index is 0.0444. The summed E-state index contributed by atoms with van der Waals surface area (Å²) in [6.45, 7) is 4.99. The molecule has 0 amide bonds. The maximum Gasteiger partial charge on any atom is 0.457 e. The van der Waals surface area contributed by atoms with E-state index in [2.05, 4.69) is 6.58 Å². The van der Waals surface area contributed by atoms with Crippen LogP contribution in [0, 0.1) is 0 Å². The summed E-state index contributed by atoms with van der Waals surface area (Å²) in [6.07, 6.45) is 3.90. The first-order chi connectivity index (χ1) is 4.43. The molecule has 0 aliphatic carbocycles.